The summed E-state index contributed by atoms with van der Waals surface area (Å²) in [6.45, 7) is 2.80. The van der Waals surface area contributed by atoms with Gasteiger partial charge in [0.25, 0.3) is 0 Å². The maximum absolute atomic E-state index is 9.14. The molecule has 112 valence electrons. The Bertz CT molecular complexity index is 629. The molecule has 0 bridgehead atoms. The predicted octanol–water partition coefficient (Wildman–Crippen LogP) is 2.77. The molecule has 0 unspecified atom stereocenters. The molecule has 1 saturated heterocycles. The number of aliphatic hydroxyl groups excluding tert-OH is 1. The van der Waals surface area contributed by atoms with Crippen molar-refractivity contribution in [2.75, 3.05) is 24.6 Å². The number of piperidine rings is 1. The van der Waals surface area contributed by atoms with Crippen molar-refractivity contribution in [3.8, 4) is 0 Å². The molecule has 2 aliphatic rings. The molecule has 0 radical (unpaired) electrons. The van der Waals surface area contributed by atoms with Gasteiger partial charge in [0, 0.05) is 23.3 Å². The summed E-state index contributed by atoms with van der Waals surface area (Å²) >= 11 is 3.47. The topological polar surface area (TPSA) is 45.6 Å². The minimum Gasteiger partial charge on any atom is -0.390 e. The summed E-state index contributed by atoms with van der Waals surface area (Å²) in [5, 5.41) is 14.3. The van der Waals surface area contributed by atoms with Gasteiger partial charge in [0.1, 0.15) is 5.60 Å². The molecule has 2 aromatic rings. The molecule has 0 aromatic carbocycles. The number of ether oxygens (including phenoxy) is 1. The van der Waals surface area contributed by atoms with E-state index in [9.17, 15) is 0 Å². The fraction of sp³-hybridized carbons (Fsp3) is 0.533. The van der Waals surface area contributed by atoms with Gasteiger partial charge < -0.3 is 14.7 Å². The van der Waals surface area contributed by atoms with Gasteiger partial charge in [-0.2, -0.15) is 0 Å². The third-order valence-corrected chi connectivity index (χ3v) is 6.55. The van der Waals surface area contributed by atoms with Crippen molar-refractivity contribution >= 4 is 27.8 Å². The van der Waals surface area contributed by atoms with Crippen molar-refractivity contribution in [3.63, 3.8) is 0 Å². The van der Waals surface area contributed by atoms with Crippen LogP contribution in [0, 0.1) is 0 Å². The number of hydrogen-bond acceptors (Lipinski definition) is 6. The SMILES string of the molecule is OCc1csc(N2CCC3(CC2)OCCc2ccsc23)n1. The van der Waals surface area contributed by atoms with Crippen LogP contribution in [-0.2, 0) is 23.4 Å². The molecule has 2 aliphatic heterocycles. The summed E-state index contributed by atoms with van der Waals surface area (Å²) in [4.78, 5) is 8.24. The molecule has 4 nitrogen and oxygen atoms in total. The molecule has 1 N–H and O–H groups in total. The average Bonchev–Trinajstić information content (AvgIpc) is 3.18. The minimum absolute atomic E-state index is 0.0238. The number of hydrogen-bond donors (Lipinski definition) is 1. The summed E-state index contributed by atoms with van der Waals surface area (Å²) in [6.07, 6.45) is 3.10. The molecular formula is C15H18N2O2S2. The number of thiazole rings is 1. The molecule has 1 spiro atoms. The van der Waals surface area contributed by atoms with E-state index in [-0.39, 0.29) is 12.2 Å². The molecule has 4 heterocycles. The summed E-state index contributed by atoms with van der Waals surface area (Å²) in [5.74, 6) is 0. The zero-order chi connectivity index (χ0) is 14.3. The van der Waals surface area contributed by atoms with E-state index in [0.29, 0.717) is 0 Å². The molecular weight excluding hydrogens is 304 g/mol. The summed E-state index contributed by atoms with van der Waals surface area (Å²) in [7, 11) is 0. The highest BCUT2D eigenvalue weighted by Crippen LogP contribution is 2.44. The maximum Gasteiger partial charge on any atom is 0.185 e. The van der Waals surface area contributed by atoms with Crippen LogP contribution >= 0.6 is 22.7 Å². The Hall–Kier alpha value is -0.950. The number of aliphatic hydroxyl groups is 1. The Morgan fingerprint density at radius 3 is 2.95 bits per heavy atom. The monoisotopic (exact) mass is 322 g/mol. The van der Waals surface area contributed by atoms with E-state index in [0.717, 1.165) is 49.8 Å². The smallest absolute Gasteiger partial charge is 0.185 e. The average molecular weight is 322 g/mol. The zero-order valence-corrected chi connectivity index (χ0v) is 13.4. The second-order valence-corrected chi connectivity index (χ2v) is 7.39. The van der Waals surface area contributed by atoms with Crippen LogP contribution in [0.3, 0.4) is 0 Å². The van der Waals surface area contributed by atoms with Gasteiger partial charge in [0.15, 0.2) is 5.13 Å². The first-order valence-corrected chi connectivity index (χ1v) is 9.08. The van der Waals surface area contributed by atoms with Gasteiger partial charge >= 0.3 is 0 Å². The Kier molecular flexibility index (Phi) is 3.49. The second-order valence-electron chi connectivity index (χ2n) is 5.63. The lowest BCUT2D eigenvalue weighted by Crippen LogP contribution is -2.46. The van der Waals surface area contributed by atoms with E-state index >= 15 is 0 Å². The fourth-order valence-electron chi connectivity index (χ4n) is 3.30. The highest BCUT2D eigenvalue weighted by atomic mass is 32.1. The van der Waals surface area contributed by atoms with Crippen LogP contribution in [0.25, 0.3) is 0 Å². The van der Waals surface area contributed by atoms with Crippen LogP contribution in [0.4, 0.5) is 5.13 Å². The van der Waals surface area contributed by atoms with Crippen LogP contribution in [0.2, 0.25) is 0 Å². The lowest BCUT2D eigenvalue weighted by molar-refractivity contribution is -0.0735. The van der Waals surface area contributed by atoms with E-state index in [1.54, 1.807) is 11.3 Å². The van der Waals surface area contributed by atoms with E-state index in [1.165, 1.54) is 10.4 Å². The molecule has 21 heavy (non-hydrogen) atoms. The summed E-state index contributed by atoms with van der Waals surface area (Å²) in [6, 6.07) is 2.25. The van der Waals surface area contributed by atoms with Gasteiger partial charge in [-0.05, 0) is 36.3 Å². The van der Waals surface area contributed by atoms with E-state index in [4.69, 9.17) is 9.84 Å². The van der Waals surface area contributed by atoms with Crippen molar-refractivity contribution < 1.29 is 9.84 Å². The fourth-order valence-corrected chi connectivity index (χ4v) is 5.34. The van der Waals surface area contributed by atoms with Crippen molar-refractivity contribution in [1.29, 1.82) is 0 Å². The van der Waals surface area contributed by atoms with Crippen LogP contribution in [0.15, 0.2) is 16.8 Å². The molecule has 4 rings (SSSR count). The maximum atomic E-state index is 9.14. The number of fused-ring (bicyclic) bond motifs is 2. The quantitative estimate of drug-likeness (QED) is 0.923. The molecule has 2 aromatic heterocycles. The van der Waals surface area contributed by atoms with E-state index in [1.807, 2.05) is 16.7 Å². The van der Waals surface area contributed by atoms with Gasteiger partial charge in [-0.1, -0.05) is 0 Å². The first kappa shape index (κ1) is 13.7. The number of nitrogens with zero attached hydrogens (tertiary/aromatic N) is 2. The van der Waals surface area contributed by atoms with Gasteiger partial charge in [-0.15, -0.1) is 22.7 Å². The Balaban J connectivity index is 1.53. The Morgan fingerprint density at radius 2 is 2.19 bits per heavy atom. The molecule has 0 aliphatic carbocycles. The van der Waals surface area contributed by atoms with Gasteiger partial charge in [0.2, 0.25) is 0 Å². The van der Waals surface area contributed by atoms with Crippen molar-refractivity contribution in [2.45, 2.75) is 31.5 Å². The first-order chi connectivity index (χ1) is 10.3. The number of rotatable bonds is 2. The van der Waals surface area contributed by atoms with Crippen LogP contribution in [0.1, 0.15) is 29.0 Å². The predicted molar refractivity (Wildman–Crippen MR) is 85.1 cm³/mol. The first-order valence-electron chi connectivity index (χ1n) is 7.32. The van der Waals surface area contributed by atoms with Crippen LogP contribution in [0.5, 0.6) is 0 Å². The standard InChI is InChI=1S/C15H18N2O2S2/c18-9-12-10-21-14(16-12)17-5-3-15(4-6-17)13-11(1-7-19-15)2-8-20-13/h2,8,10,18H,1,3-7,9H2. The van der Waals surface area contributed by atoms with Gasteiger partial charge in [0.05, 0.1) is 18.9 Å². The largest absolute Gasteiger partial charge is 0.390 e. The van der Waals surface area contributed by atoms with Crippen LogP contribution in [-0.4, -0.2) is 29.8 Å². The third-order valence-electron chi connectivity index (χ3n) is 4.45. The van der Waals surface area contributed by atoms with Crippen molar-refractivity contribution in [2.24, 2.45) is 0 Å². The van der Waals surface area contributed by atoms with E-state index < -0.39 is 0 Å². The molecule has 0 atom stereocenters. The minimum atomic E-state index is -0.0602. The third kappa shape index (κ3) is 2.30. The van der Waals surface area contributed by atoms with Gasteiger partial charge in [-0.3, -0.25) is 0 Å². The van der Waals surface area contributed by atoms with Crippen molar-refractivity contribution in [1.82, 2.24) is 4.98 Å². The summed E-state index contributed by atoms with van der Waals surface area (Å²) < 4.78 is 6.23. The lowest BCUT2D eigenvalue weighted by atomic mass is 9.85. The molecule has 1 fully saturated rings. The number of thiophene rings is 1. The highest BCUT2D eigenvalue weighted by molar-refractivity contribution is 7.13. The normalized spacial score (nSPS) is 20.7. The number of anilines is 1. The second kappa shape index (κ2) is 5.35. The van der Waals surface area contributed by atoms with Gasteiger partial charge in [-0.25, -0.2) is 4.98 Å². The van der Waals surface area contributed by atoms with Crippen molar-refractivity contribution in [3.05, 3.63) is 33.0 Å². The summed E-state index contributed by atoms with van der Waals surface area (Å²) in [5.41, 5.74) is 2.19. The Labute approximate surface area is 132 Å². The molecule has 0 amide bonds. The zero-order valence-electron chi connectivity index (χ0n) is 11.7. The van der Waals surface area contributed by atoms with E-state index in [2.05, 4.69) is 21.3 Å². The Morgan fingerprint density at radius 1 is 1.33 bits per heavy atom. The number of aromatic nitrogens is 1. The lowest BCUT2D eigenvalue weighted by Gasteiger charge is -2.43. The molecule has 6 heteroatoms. The van der Waals surface area contributed by atoms with Crippen LogP contribution < -0.4 is 4.90 Å². The molecule has 0 saturated carbocycles. The highest BCUT2D eigenvalue weighted by Gasteiger charge is 2.42.